The maximum Gasteiger partial charge on any atom is 0.243 e. The second-order valence-electron chi connectivity index (χ2n) is 10.5. The van der Waals surface area contributed by atoms with E-state index in [2.05, 4.69) is 16.0 Å². The molecule has 0 aliphatic heterocycles. The molecule has 0 fully saturated rings. The van der Waals surface area contributed by atoms with Crippen LogP contribution in [-0.4, -0.2) is 54.9 Å². The van der Waals surface area contributed by atoms with Crippen LogP contribution >= 0.6 is 22.7 Å². The van der Waals surface area contributed by atoms with Crippen LogP contribution < -0.4 is 32.2 Å². The quantitative estimate of drug-likeness (QED) is 0.125. The first-order valence-corrected chi connectivity index (χ1v) is 16.2. The molecule has 0 aliphatic carbocycles. The zero-order chi connectivity index (χ0) is 32.2. The number of benzene rings is 2. The number of carbonyl (C=O) groups is 4. The molecule has 12 heteroatoms. The van der Waals surface area contributed by atoms with Gasteiger partial charge in [-0.15, -0.1) is 22.7 Å². The monoisotopic (exact) mass is 647 g/mol. The fourth-order valence-corrected chi connectivity index (χ4v) is 6.20. The van der Waals surface area contributed by atoms with Crippen LogP contribution in [0.15, 0.2) is 89.6 Å². The summed E-state index contributed by atoms with van der Waals surface area (Å²) in [5.74, 6) is -1.70. The molecule has 0 spiro atoms. The fourth-order valence-electron chi connectivity index (χ4n) is 4.68. The molecular weight excluding hydrogens is 611 g/mol. The van der Waals surface area contributed by atoms with Crippen molar-refractivity contribution in [1.82, 2.24) is 16.0 Å². The third-order valence-corrected chi connectivity index (χ3v) is 8.93. The highest BCUT2D eigenvalue weighted by atomic mass is 32.1. The predicted octanol–water partition coefficient (Wildman–Crippen LogP) is 2.36. The molecule has 4 rings (SSSR count). The van der Waals surface area contributed by atoms with E-state index >= 15 is 0 Å². The van der Waals surface area contributed by atoms with Gasteiger partial charge in [0, 0.05) is 35.4 Å². The summed E-state index contributed by atoms with van der Waals surface area (Å²) in [7, 11) is 1.55. The summed E-state index contributed by atoms with van der Waals surface area (Å²) in [6, 6.07) is 19.8. The molecule has 4 unspecified atom stereocenters. The summed E-state index contributed by atoms with van der Waals surface area (Å²) in [6.07, 6.45) is 0.820. The minimum Gasteiger partial charge on any atom is -0.497 e. The van der Waals surface area contributed by atoms with Gasteiger partial charge in [0.25, 0.3) is 0 Å². The molecule has 0 radical (unpaired) electrons. The maximum atomic E-state index is 13.8. The van der Waals surface area contributed by atoms with E-state index in [9.17, 15) is 19.2 Å². The zero-order valence-electron chi connectivity index (χ0n) is 24.8. The molecule has 0 saturated carbocycles. The molecule has 236 valence electrons. The predicted molar refractivity (Wildman–Crippen MR) is 176 cm³/mol. The van der Waals surface area contributed by atoms with Crippen LogP contribution in [0.1, 0.15) is 20.9 Å². The van der Waals surface area contributed by atoms with Gasteiger partial charge in [0.2, 0.25) is 23.6 Å². The number of primary amides is 1. The molecule has 2 aromatic heterocycles. The number of ether oxygens (including phenoxy) is 1. The lowest BCUT2D eigenvalue weighted by atomic mass is 10.0. The summed E-state index contributed by atoms with van der Waals surface area (Å²) in [5, 5.41) is 12.1. The van der Waals surface area contributed by atoms with Crippen molar-refractivity contribution in [3.63, 3.8) is 0 Å². The Labute approximate surface area is 270 Å². The highest BCUT2D eigenvalue weighted by Gasteiger charge is 2.30. The average Bonchev–Trinajstić information content (AvgIpc) is 3.75. The highest BCUT2D eigenvalue weighted by Crippen LogP contribution is 2.15. The van der Waals surface area contributed by atoms with E-state index in [1.807, 2.05) is 65.4 Å². The van der Waals surface area contributed by atoms with Crippen LogP contribution in [0.25, 0.3) is 0 Å². The molecule has 4 aromatic rings. The van der Waals surface area contributed by atoms with Gasteiger partial charge in [-0.05, 0) is 46.2 Å². The number of nitrogens with two attached hydrogens (primary N) is 2. The first kappa shape index (κ1) is 33.4. The smallest absolute Gasteiger partial charge is 0.243 e. The standard InChI is InChI=1S/C33H37N5O5S2/c1-43-23-13-11-22(12-14-23)18-29(32(41)36-27(30(35)39)20-25-10-6-16-45-25)38-33(42)28(17-21-7-3-2-4-8-21)37-31(40)26(34)19-24-9-5-15-44-24/h2-16,26-29H,17-20,34H2,1H3,(H2,35,39)(H,36,41)(H,37,40)(H,38,42). The maximum absolute atomic E-state index is 13.8. The van der Waals surface area contributed by atoms with Crippen molar-refractivity contribution in [1.29, 1.82) is 0 Å². The Bertz CT molecular complexity index is 1530. The SMILES string of the molecule is COc1ccc(CC(NC(=O)C(Cc2ccccc2)NC(=O)C(N)Cc2cccs2)C(=O)NC(Cc2cccs2)C(N)=O)cc1. The fraction of sp³-hybridized carbons (Fsp3) is 0.273. The Hall–Kier alpha value is -4.52. The summed E-state index contributed by atoms with van der Waals surface area (Å²) >= 11 is 2.94. The number of amides is 4. The summed E-state index contributed by atoms with van der Waals surface area (Å²) in [6.45, 7) is 0. The minimum absolute atomic E-state index is 0.107. The Morgan fingerprint density at radius 2 is 1.16 bits per heavy atom. The Morgan fingerprint density at radius 3 is 1.67 bits per heavy atom. The Balaban J connectivity index is 1.55. The van der Waals surface area contributed by atoms with Gasteiger partial charge >= 0.3 is 0 Å². The molecule has 0 aliphatic rings. The molecular formula is C33H37N5O5S2. The largest absolute Gasteiger partial charge is 0.497 e. The van der Waals surface area contributed by atoms with Crippen molar-refractivity contribution >= 4 is 46.3 Å². The third-order valence-electron chi connectivity index (χ3n) is 7.13. The van der Waals surface area contributed by atoms with Crippen LogP contribution in [-0.2, 0) is 44.9 Å². The molecule has 4 atom stereocenters. The molecule has 2 heterocycles. The third kappa shape index (κ3) is 10.3. The van der Waals surface area contributed by atoms with Crippen molar-refractivity contribution in [2.75, 3.05) is 7.11 Å². The van der Waals surface area contributed by atoms with E-state index in [-0.39, 0.29) is 19.3 Å². The van der Waals surface area contributed by atoms with E-state index in [1.165, 1.54) is 22.7 Å². The molecule has 4 amide bonds. The molecule has 7 N–H and O–H groups in total. The molecule has 45 heavy (non-hydrogen) atoms. The van der Waals surface area contributed by atoms with Gasteiger partial charge < -0.3 is 32.2 Å². The van der Waals surface area contributed by atoms with Crippen molar-refractivity contribution in [3.8, 4) is 5.75 Å². The second kappa shape index (κ2) is 16.5. The van der Waals surface area contributed by atoms with Crippen LogP contribution in [0.3, 0.4) is 0 Å². The number of carbonyl (C=O) groups excluding carboxylic acids is 4. The van der Waals surface area contributed by atoms with Gasteiger partial charge in [-0.3, -0.25) is 19.2 Å². The zero-order valence-corrected chi connectivity index (χ0v) is 26.4. The number of thiophene rings is 2. The Morgan fingerprint density at radius 1 is 0.644 bits per heavy atom. The van der Waals surface area contributed by atoms with E-state index < -0.39 is 47.8 Å². The minimum atomic E-state index is -1.09. The summed E-state index contributed by atoms with van der Waals surface area (Å²) in [5.41, 5.74) is 13.4. The number of hydrogen-bond acceptors (Lipinski definition) is 8. The second-order valence-corrected chi connectivity index (χ2v) is 12.6. The molecule has 0 saturated heterocycles. The van der Waals surface area contributed by atoms with E-state index in [0.29, 0.717) is 12.2 Å². The van der Waals surface area contributed by atoms with Crippen molar-refractivity contribution in [2.45, 2.75) is 49.9 Å². The van der Waals surface area contributed by atoms with E-state index in [4.69, 9.17) is 16.2 Å². The average molecular weight is 648 g/mol. The number of hydrogen-bond donors (Lipinski definition) is 5. The van der Waals surface area contributed by atoms with Gasteiger partial charge in [-0.25, -0.2) is 0 Å². The first-order valence-electron chi connectivity index (χ1n) is 14.4. The highest BCUT2D eigenvalue weighted by molar-refractivity contribution is 7.10. The molecule has 0 bridgehead atoms. The van der Waals surface area contributed by atoms with Gasteiger partial charge in [-0.1, -0.05) is 54.6 Å². The lowest BCUT2D eigenvalue weighted by Crippen LogP contribution is -2.58. The van der Waals surface area contributed by atoms with Crippen LogP contribution in [0.2, 0.25) is 0 Å². The van der Waals surface area contributed by atoms with Gasteiger partial charge in [0.1, 0.15) is 23.9 Å². The van der Waals surface area contributed by atoms with E-state index in [1.54, 1.807) is 31.4 Å². The summed E-state index contributed by atoms with van der Waals surface area (Å²) < 4.78 is 5.24. The number of nitrogens with one attached hydrogen (secondary N) is 3. The summed E-state index contributed by atoms with van der Waals surface area (Å²) in [4.78, 5) is 54.8. The normalized spacial score (nSPS) is 13.6. The topological polar surface area (TPSA) is 166 Å². The van der Waals surface area contributed by atoms with Crippen LogP contribution in [0, 0.1) is 0 Å². The Kier molecular flexibility index (Phi) is 12.3. The van der Waals surface area contributed by atoms with E-state index in [0.717, 1.165) is 20.9 Å². The lowest BCUT2D eigenvalue weighted by molar-refractivity contribution is -0.133. The number of rotatable bonds is 16. The van der Waals surface area contributed by atoms with Crippen LogP contribution in [0.5, 0.6) is 5.75 Å². The van der Waals surface area contributed by atoms with Gasteiger partial charge in [-0.2, -0.15) is 0 Å². The van der Waals surface area contributed by atoms with Gasteiger partial charge in [0.05, 0.1) is 13.2 Å². The van der Waals surface area contributed by atoms with Gasteiger partial charge in [0.15, 0.2) is 0 Å². The van der Waals surface area contributed by atoms with Crippen molar-refractivity contribution in [2.24, 2.45) is 11.5 Å². The number of methoxy groups -OCH3 is 1. The molecule has 10 nitrogen and oxygen atoms in total. The van der Waals surface area contributed by atoms with Crippen molar-refractivity contribution in [3.05, 3.63) is 111 Å². The molecule has 2 aromatic carbocycles. The first-order chi connectivity index (χ1) is 21.7. The van der Waals surface area contributed by atoms with Crippen molar-refractivity contribution < 1.29 is 23.9 Å². The van der Waals surface area contributed by atoms with Crippen LogP contribution in [0.4, 0.5) is 0 Å². The lowest BCUT2D eigenvalue weighted by Gasteiger charge is -2.26.